The lowest BCUT2D eigenvalue weighted by molar-refractivity contribution is 0.386. The van der Waals surface area contributed by atoms with Crippen LogP contribution in [-0.4, -0.2) is 7.11 Å². The molecule has 1 unspecified atom stereocenters. The standard InChI is InChI=1S/C15H16FNOS/c1-18-14-6-5-10(9-12(14)16)17-13-3-2-4-15-11(13)7-8-19-15/h5-9,13,17H,2-4H2,1H3. The summed E-state index contributed by atoms with van der Waals surface area (Å²) in [6.07, 6.45) is 3.45. The number of aryl methyl sites for hydroxylation is 1. The van der Waals surface area contributed by atoms with Crippen LogP contribution in [0.25, 0.3) is 0 Å². The predicted octanol–water partition coefficient (Wildman–Crippen LogP) is 4.39. The number of ether oxygens (including phenoxy) is 1. The van der Waals surface area contributed by atoms with Gasteiger partial charge in [0.1, 0.15) is 0 Å². The first-order valence-corrected chi connectivity index (χ1v) is 7.32. The van der Waals surface area contributed by atoms with Crippen molar-refractivity contribution in [2.24, 2.45) is 0 Å². The van der Waals surface area contributed by atoms with Gasteiger partial charge >= 0.3 is 0 Å². The first-order chi connectivity index (χ1) is 9.28. The number of hydrogen-bond acceptors (Lipinski definition) is 3. The van der Waals surface area contributed by atoms with Crippen molar-refractivity contribution in [3.8, 4) is 5.75 Å². The minimum absolute atomic E-state index is 0.283. The van der Waals surface area contributed by atoms with E-state index in [-0.39, 0.29) is 11.6 Å². The normalized spacial score (nSPS) is 17.9. The minimum atomic E-state index is -0.325. The molecule has 1 aromatic heterocycles. The smallest absolute Gasteiger partial charge is 0.167 e. The zero-order valence-electron chi connectivity index (χ0n) is 10.8. The Morgan fingerprint density at radius 2 is 2.26 bits per heavy atom. The lowest BCUT2D eigenvalue weighted by atomic mass is 9.94. The molecular formula is C15H16FNOS. The van der Waals surface area contributed by atoms with Gasteiger partial charge in [-0.15, -0.1) is 11.3 Å². The Balaban J connectivity index is 1.81. The topological polar surface area (TPSA) is 21.3 Å². The molecule has 0 aliphatic heterocycles. The van der Waals surface area contributed by atoms with E-state index in [2.05, 4.69) is 16.8 Å². The summed E-state index contributed by atoms with van der Waals surface area (Å²) in [6, 6.07) is 7.50. The second-order valence-corrected chi connectivity index (χ2v) is 5.74. The van der Waals surface area contributed by atoms with Crippen molar-refractivity contribution < 1.29 is 9.13 Å². The average Bonchev–Trinajstić information content (AvgIpc) is 2.88. The zero-order valence-corrected chi connectivity index (χ0v) is 11.6. The van der Waals surface area contributed by atoms with Crippen LogP contribution < -0.4 is 10.1 Å². The molecule has 1 heterocycles. The van der Waals surface area contributed by atoms with Crippen molar-refractivity contribution in [1.82, 2.24) is 0 Å². The van der Waals surface area contributed by atoms with Gasteiger partial charge in [0, 0.05) is 16.6 Å². The highest BCUT2D eigenvalue weighted by Gasteiger charge is 2.21. The van der Waals surface area contributed by atoms with Gasteiger partial charge in [-0.2, -0.15) is 0 Å². The molecule has 100 valence electrons. The number of rotatable bonds is 3. The maximum atomic E-state index is 13.7. The molecule has 0 spiro atoms. The highest BCUT2D eigenvalue weighted by atomic mass is 32.1. The Kier molecular flexibility index (Phi) is 3.42. The minimum Gasteiger partial charge on any atom is -0.494 e. The summed E-state index contributed by atoms with van der Waals surface area (Å²) in [6.45, 7) is 0. The highest BCUT2D eigenvalue weighted by molar-refractivity contribution is 7.10. The molecule has 1 aromatic carbocycles. The highest BCUT2D eigenvalue weighted by Crippen LogP contribution is 2.36. The number of hydrogen-bond donors (Lipinski definition) is 1. The summed E-state index contributed by atoms with van der Waals surface area (Å²) < 4.78 is 18.6. The Morgan fingerprint density at radius 1 is 1.37 bits per heavy atom. The van der Waals surface area contributed by atoms with Crippen LogP contribution in [0, 0.1) is 5.82 Å². The van der Waals surface area contributed by atoms with Gasteiger partial charge in [-0.05, 0) is 48.4 Å². The molecule has 4 heteroatoms. The van der Waals surface area contributed by atoms with E-state index in [0.29, 0.717) is 6.04 Å². The second kappa shape index (κ2) is 5.21. The molecule has 1 N–H and O–H groups in total. The van der Waals surface area contributed by atoms with Crippen molar-refractivity contribution in [3.05, 3.63) is 45.9 Å². The summed E-state index contributed by atoms with van der Waals surface area (Å²) in [4.78, 5) is 1.46. The molecule has 1 aliphatic carbocycles. The fraction of sp³-hybridized carbons (Fsp3) is 0.333. The Hall–Kier alpha value is -1.55. The molecule has 1 aliphatic rings. The van der Waals surface area contributed by atoms with Crippen LogP contribution in [0.4, 0.5) is 10.1 Å². The molecule has 0 bridgehead atoms. The number of thiophene rings is 1. The van der Waals surface area contributed by atoms with Crippen LogP contribution in [0.5, 0.6) is 5.75 Å². The molecule has 0 saturated heterocycles. The van der Waals surface area contributed by atoms with Crippen LogP contribution in [0.2, 0.25) is 0 Å². The molecule has 1 atom stereocenters. The van der Waals surface area contributed by atoms with Gasteiger partial charge in [-0.3, -0.25) is 0 Å². The third-order valence-electron chi connectivity index (χ3n) is 3.54. The van der Waals surface area contributed by atoms with Gasteiger partial charge in [0.05, 0.1) is 13.2 Å². The van der Waals surface area contributed by atoms with Crippen molar-refractivity contribution in [2.45, 2.75) is 25.3 Å². The molecule has 0 amide bonds. The molecule has 19 heavy (non-hydrogen) atoms. The third-order valence-corrected chi connectivity index (χ3v) is 4.54. The summed E-state index contributed by atoms with van der Waals surface area (Å²) in [5, 5.41) is 5.56. The molecule has 3 rings (SSSR count). The lowest BCUT2D eigenvalue weighted by Crippen LogP contribution is -2.15. The van der Waals surface area contributed by atoms with Crippen LogP contribution in [-0.2, 0) is 6.42 Å². The van der Waals surface area contributed by atoms with Crippen LogP contribution >= 0.6 is 11.3 Å². The fourth-order valence-corrected chi connectivity index (χ4v) is 3.58. The largest absolute Gasteiger partial charge is 0.494 e. The monoisotopic (exact) mass is 277 g/mol. The first-order valence-electron chi connectivity index (χ1n) is 6.44. The van der Waals surface area contributed by atoms with E-state index in [1.54, 1.807) is 6.07 Å². The van der Waals surface area contributed by atoms with Crippen LogP contribution in [0.3, 0.4) is 0 Å². The SMILES string of the molecule is COc1ccc(NC2CCCc3sccc32)cc1F. The first kappa shape index (κ1) is 12.5. The van der Waals surface area contributed by atoms with Crippen molar-refractivity contribution in [2.75, 3.05) is 12.4 Å². The molecule has 2 aromatic rings. The number of fused-ring (bicyclic) bond motifs is 1. The fourth-order valence-electron chi connectivity index (χ4n) is 2.59. The van der Waals surface area contributed by atoms with Gasteiger partial charge in [0.25, 0.3) is 0 Å². The van der Waals surface area contributed by atoms with Gasteiger partial charge in [-0.25, -0.2) is 4.39 Å². The maximum Gasteiger partial charge on any atom is 0.167 e. The third kappa shape index (κ3) is 2.45. The van der Waals surface area contributed by atoms with E-state index in [1.807, 2.05) is 17.4 Å². The summed E-state index contributed by atoms with van der Waals surface area (Å²) in [5.41, 5.74) is 2.18. The van der Waals surface area contributed by atoms with E-state index in [1.165, 1.54) is 36.5 Å². The number of nitrogens with one attached hydrogen (secondary N) is 1. The van der Waals surface area contributed by atoms with Crippen molar-refractivity contribution in [3.63, 3.8) is 0 Å². The second-order valence-electron chi connectivity index (χ2n) is 4.74. The van der Waals surface area contributed by atoms with Gasteiger partial charge in [-0.1, -0.05) is 0 Å². The van der Waals surface area contributed by atoms with Gasteiger partial charge in [0.15, 0.2) is 11.6 Å². The number of methoxy groups -OCH3 is 1. The molecule has 2 nitrogen and oxygen atoms in total. The summed E-state index contributed by atoms with van der Waals surface area (Å²) >= 11 is 1.81. The number of halogens is 1. The number of benzene rings is 1. The van der Waals surface area contributed by atoms with E-state index in [0.717, 1.165) is 12.1 Å². The zero-order chi connectivity index (χ0) is 13.2. The quantitative estimate of drug-likeness (QED) is 0.898. The molecule has 0 radical (unpaired) electrons. The number of anilines is 1. The predicted molar refractivity (Wildman–Crippen MR) is 76.6 cm³/mol. The Morgan fingerprint density at radius 3 is 3.05 bits per heavy atom. The Bertz CT molecular complexity index is 581. The van der Waals surface area contributed by atoms with Gasteiger partial charge in [0.2, 0.25) is 0 Å². The van der Waals surface area contributed by atoms with Crippen molar-refractivity contribution >= 4 is 17.0 Å². The average molecular weight is 277 g/mol. The van der Waals surface area contributed by atoms with Crippen LogP contribution in [0.15, 0.2) is 29.6 Å². The maximum absolute atomic E-state index is 13.7. The summed E-state index contributed by atoms with van der Waals surface area (Å²) in [7, 11) is 1.48. The summed E-state index contributed by atoms with van der Waals surface area (Å²) in [5.74, 6) is -0.0423. The Labute approximate surface area is 116 Å². The van der Waals surface area contributed by atoms with Gasteiger partial charge < -0.3 is 10.1 Å². The molecule has 0 fully saturated rings. The van der Waals surface area contributed by atoms with E-state index >= 15 is 0 Å². The van der Waals surface area contributed by atoms with E-state index in [9.17, 15) is 4.39 Å². The lowest BCUT2D eigenvalue weighted by Gasteiger charge is -2.24. The van der Waals surface area contributed by atoms with Crippen molar-refractivity contribution in [1.29, 1.82) is 0 Å². The van der Waals surface area contributed by atoms with Crippen LogP contribution in [0.1, 0.15) is 29.3 Å². The van der Waals surface area contributed by atoms with E-state index < -0.39 is 0 Å². The molecule has 0 saturated carbocycles. The molecular weight excluding hydrogens is 261 g/mol. The van der Waals surface area contributed by atoms with E-state index in [4.69, 9.17) is 4.74 Å².